The Morgan fingerprint density at radius 3 is 2.26 bits per heavy atom. The molecule has 2 rings (SSSR count). The molecule has 120 valence electrons. The lowest BCUT2D eigenvalue weighted by molar-refractivity contribution is 0.0951. The number of hydrogen-bond acceptors (Lipinski definition) is 4. The Morgan fingerprint density at radius 1 is 1.09 bits per heavy atom. The van der Waals surface area contributed by atoms with Crippen molar-refractivity contribution in [3.05, 3.63) is 65.5 Å². The van der Waals surface area contributed by atoms with Crippen molar-refractivity contribution in [1.82, 2.24) is 5.43 Å². The van der Waals surface area contributed by atoms with Crippen LogP contribution in [0, 0.1) is 5.82 Å². The van der Waals surface area contributed by atoms with Gasteiger partial charge in [0.15, 0.2) is 9.84 Å². The van der Waals surface area contributed by atoms with Crippen LogP contribution in [0.1, 0.15) is 22.8 Å². The summed E-state index contributed by atoms with van der Waals surface area (Å²) >= 11 is 0. The highest BCUT2D eigenvalue weighted by Gasteiger charge is 2.10. The zero-order valence-electron chi connectivity index (χ0n) is 12.6. The Bertz CT molecular complexity index is 859. The summed E-state index contributed by atoms with van der Waals surface area (Å²) in [7, 11) is -3.26. The van der Waals surface area contributed by atoms with Crippen molar-refractivity contribution in [3.63, 3.8) is 0 Å². The van der Waals surface area contributed by atoms with Gasteiger partial charge in [0.25, 0.3) is 5.91 Å². The molecule has 0 aliphatic heterocycles. The van der Waals surface area contributed by atoms with E-state index < -0.39 is 21.6 Å². The minimum atomic E-state index is -3.26. The van der Waals surface area contributed by atoms with E-state index in [9.17, 15) is 17.6 Å². The molecule has 0 aromatic heterocycles. The molecule has 0 saturated heterocycles. The molecule has 0 fully saturated rings. The molecule has 0 bridgehead atoms. The third kappa shape index (κ3) is 4.23. The van der Waals surface area contributed by atoms with E-state index in [0.717, 1.165) is 6.26 Å². The molecule has 7 heteroatoms. The molecule has 23 heavy (non-hydrogen) atoms. The number of rotatable bonds is 4. The summed E-state index contributed by atoms with van der Waals surface area (Å²) in [6, 6.07) is 11.7. The molecule has 1 amide bonds. The predicted molar refractivity (Wildman–Crippen MR) is 85.6 cm³/mol. The Morgan fingerprint density at radius 2 is 1.70 bits per heavy atom. The number of carbonyl (C=O) groups is 1. The second-order valence-electron chi connectivity index (χ2n) is 4.91. The quantitative estimate of drug-likeness (QED) is 0.689. The molecule has 2 aromatic carbocycles. The van der Waals surface area contributed by atoms with Gasteiger partial charge in [0.2, 0.25) is 0 Å². The van der Waals surface area contributed by atoms with Gasteiger partial charge in [-0.1, -0.05) is 24.3 Å². The fraction of sp³-hybridized carbons (Fsp3) is 0.125. The average Bonchev–Trinajstić information content (AvgIpc) is 2.52. The van der Waals surface area contributed by atoms with E-state index in [1.807, 2.05) is 0 Å². The maximum Gasteiger partial charge on any atom is 0.274 e. The molecule has 0 aliphatic carbocycles. The molecule has 0 saturated carbocycles. The lowest BCUT2D eigenvalue weighted by Gasteiger charge is -2.05. The Kier molecular flexibility index (Phi) is 4.90. The van der Waals surface area contributed by atoms with Crippen LogP contribution in [0.15, 0.2) is 58.5 Å². The van der Waals surface area contributed by atoms with Crippen molar-refractivity contribution >= 4 is 21.5 Å². The number of hydrogen-bond donors (Lipinski definition) is 1. The molecule has 0 radical (unpaired) electrons. The molecular formula is C16H15FN2O3S. The smallest absolute Gasteiger partial charge is 0.267 e. The van der Waals surface area contributed by atoms with Gasteiger partial charge >= 0.3 is 0 Å². The van der Waals surface area contributed by atoms with Gasteiger partial charge in [-0.2, -0.15) is 5.10 Å². The monoisotopic (exact) mass is 334 g/mol. The topological polar surface area (TPSA) is 75.6 Å². The average molecular weight is 334 g/mol. The SMILES string of the molecule is C/C(=N/NC(=O)c1ccccc1F)c1ccc(S(C)(=O)=O)cc1. The first kappa shape index (κ1) is 16.8. The van der Waals surface area contributed by atoms with E-state index in [4.69, 9.17) is 0 Å². The van der Waals surface area contributed by atoms with Gasteiger partial charge in [-0.15, -0.1) is 0 Å². The summed E-state index contributed by atoms with van der Waals surface area (Å²) < 4.78 is 36.3. The summed E-state index contributed by atoms with van der Waals surface area (Å²) in [5.74, 6) is -1.29. The van der Waals surface area contributed by atoms with Crippen molar-refractivity contribution in [2.24, 2.45) is 5.10 Å². The second-order valence-corrected chi connectivity index (χ2v) is 6.93. The van der Waals surface area contributed by atoms with Gasteiger partial charge in [-0.3, -0.25) is 4.79 Å². The van der Waals surface area contributed by atoms with Crippen molar-refractivity contribution in [2.75, 3.05) is 6.26 Å². The third-order valence-corrected chi connectivity index (χ3v) is 4.27. The molecule has 5 nitrogen and oxygen atoms in total. The summed E-state index contributed by atoms with van der Waals surface area (Å²) in [5, 5.41) is 3.90. The normalized spacial score (nSPS) is 12.0. The first-order chi connectivity index (χ1) is 10.8. The van der Waals surface area contributed by atoms with E-state index in [2.05, 4.69) is 10.5 Å². The van der Waals surface area contributed by atoms with Crippen LogP contribution in [0.5, 0.6) is 0 Å². The van der Waals surface area contributed by atoms with Crippen LogP contribution in [-0.4, -0.2) is 26.3 Å². The van der Waals surface area contributed by atoms with E-state index in [1.54, 1.807) is 25.1 Å². The molecule has 0 spiro atoms. The number of hydrazone groups is 1. The fourth-order valence-corrected chi connectivity index (χ4v) is 2.48. The van der Waals surface area contributed by atoms with Crippen LogP contribution >= 0.6 is 0 Å². The minimum Gasteiger partial charge on any atom is -0.267 e. The number of nitrogens with zero attached hydrogens (tertiary/aromatic N) is 1. The molecule has 0 heterocycles. The number of benzene rings is 2. The van der Waals surface area contributed by atoms with E-state index in [-0.39, 0.29) is 10.5 Å². The Hall–Kier alpha value is -2.54. The lowest BCUT2D eigenvalue weighted by Crippen LogP contribution is -2.20. The van der Waals surface area contributed by atoms with Gasteiger partial charge in [0, 0.05) is 6.26 Å². The van der Waals surface area contributed by atoms with Crippen LogP contribution in [-0.2, 0) is 9.84 Å². The fourth-order valence-electron chi connectivity index (χ4n) is 1.85. The molecule has 0 aliphatic rings. The lowest BCUT2D eigenvalue weighted by atomic mass is 10.1. The van der Waals surface area contributed by atoms with Crippen molar-refractivity contribution in [1.29, 1.82) is 0 Å². The van der Waals surface area contributed by atoms with Crippen LogP contribution in [0.25, 0.3) is 0 Å². The first-order valence-corrected chi connectivity index (χ1v) is 8.58. The number of halogens is 1. The van der Waals surface area contributed by atoms with Gasteiger partial charge in [-0.25, -0.2) is 18.2 Å². The highest BCUT2D eigenvalue weighted by molar-refractivity contribution is 7.90. The molecule has 1 N–H and O–H groups in total. The Labute approximate surface area is 133 Å². The van der Waals surface area contributed by atoms with Crippen LogP contribution in [0.2, 0.25) is 0 Å². The number of carbonyl (C=O) groups excluding carboxylic acids is 1. The van der Waals surface area contributed by atoms with Crippen molar-refractivity contribution in [2.45, 2.75) is 11.8 Å². The maximum absolute atomic E-state index is 13.5. The molecule has 0 unspecified atom stereocenters. The molecular weight excluding hydrogens is 319 g/mol. The summed E-state index contributed by atoms with van der Waals surface area (Å²) in [6.45, 7) is 1.65. The highest BCUT2D eigenvalue weighted by atomic mass is 32.2. The molecule has 2 aromatic rings. The minimum absolute atomic E-state index is 0.100. The predicted octanol–water partition coefficient (Wildman–Crippen LogP) is 2.38. The third-order valence-electron chi connectivity index (χ3n) is 3.14. The van der Waals surface area contributed by atoms with Crippen LogP contribution in [0.3, 0.4) is 0 Å². The zero-order chi connectivity index (χ0) is 17.0. The summed E-state index contributed by atoms with van der Waals surface area (Å²) in [4.78, 5) is 12.0. The standard InChI is InChI=1S/C16H15FN2O3S/c1-11(12-7-9-13(10-8-12)23(2,21)22)18-19-16(20)14-5-3-4-6-15(14)17/h3-10H,1-2H3,(H,19,20)/b18-11-. The Balaban J connectivity index is 2.14. The van der Waals surface area contributed by atoms with Crippen LogP contribution < -0.4 is 5.43 Å². The second kappa shape index (κ2) is 6.70. The number of nitrogens with one attached hydrogen (secondary N) is 1. The highest BCUT2D eigenvalue weighted by Crippen LogP contribution is 2.11. The van der Waals surface area contributed by atoms with E-state index >= 15 is 0 Å². The van der Waals surface area contributed by atoms with Gasteiger partial charge in [-0.05, 0) is 36.8 Å². The van der Waals surface area contributed by atoms with E-state index in [1.165, 1.54) is 30.3 Å². The molecule has 0 atom stereocenters. The van der Waals surface area contributed by atoms with Gasteiger partial charge in [0.1, 0.15) is 5.82 Å². The van der Waals surface area contributed by atoms with E-state index in [0.29, 0.717) is 11.3 Å². The van der Waals surface area contributed by atoms with Gasteiger partial charge < -0.3 is 0 Å². The van der Waals surface area contributed by atoms with Crippen molar-refractivity contribution in [3.8, 4) is 0 Å². The largest absolute Gasteiger partial charge is 0.274 e. The zero-order valence-corrected chi connectivity index (χ0v) is 13.4. The van der Waals surface area contributed by atoms with Gasteiger partial charge in [0.05, 0.1) is 16.2 Å². The van der Waals surface area contributed by atoms with Crippen LogP contribution in [0.4, 0.5) is 4.39 Å². The van der Waals surface area contributed by atoms with Crippen molar-refractivity contribution < 1.29 is 17.6 Å². The number of amides is 1. The maximum atomic E-state index is 13.5. The summed E-state index contributed by atoms with van der Waals surface area (Å²) in [5.41, 5.74) is 3.29. The first-order valence-electron chi connectivity index (χ1n) is 6.68. The summed E-state index contributed by atoms with van der Waals surface area (Å²) in [6.07, 6.45) is 1.12. The number of sulfone groups is 1.